The number of halogens is 1. The van der Waals surface area contributed by atoms with E-state index in [0.717, 1.165) is 5.56 Å². The van der Waals surface area contributed by atoms with Crippen molar-refractivity contribution in [2.24, 2.45) is 0 Å². The number of sulfone groups is 1. The maximum atomic E-state index is 12.0. The van der Waals surface area contributed by atoms with Crippen molar-refractivity contribution in [2.75, 3.05) is 0 Å². The summed E-state index contributed by atoms with van der Waals surface area (Å²) in [5, 5.41) is -0.149. The highest BCUT2D eigenvalue weighted by Crippen LogP contribution is 2.13. The van der Waals surface area contributed by atoms with Crippen LogP contribution in [-0.2, 0) is 15.6 Å². The van der Waals surface area contributed by atoms with Gasteiger partial charge in [0.25, 0.3) is 0 Å². The Hall–Kier alpha value is -1.27. The molecular formula is C11H9BrN2O2S. The molecule has 0 aliphatic carbocycles. The molecule has 0 aliphatic heterocycles. The molecule has 0 unspecified atom stereocenters. The van der Waals surface area contributed by atoms with Gasteiger partial charge in [0, 0.05) is 12.4 Å². The van der Waals surface area contributed by atoms with Crippen LogP contribution in [0.4, 0.5) is 0 Å². The Morgan fingerprint density at radius 1 is 1.06 bits per heavy atom. The van der Waals surface area contributed by atoms with Gasteiger partial charge in [-0.2, -0.15) is 0 Å². The molecule has 6 heteroatoms. The molecule has 0 aliphatic rings. The molecule has 1 aromatic carbocycles. The predicted molar refractivity (Wildman–Crippen MR) is 67.1 cm³/mol. The van der Waals surface area contributed by atoms with Crippen LogP contribution in [0.3, 0.4) is 0 Å². The van der Waals surface area contributed by atoms with Gasteiger partial charge < -0.3 is 0 Å². The van der Waals surface area contributed by atoms with Crippen LogP contribution in [0.2, 0.25) is 0 Å². The summed E-state index contributed by atoms with van der Waals surface area (Å²) in [5.41, 5.74) is 0.721. The molecule has 0 amide bonds. The summed E-state index contributed by atoms with van der Waals surface area (Å²) in [6.07, 6.45) is 2.84. The average molecular weight is 313 g/mol. The zero-order chi connectivity index (χ0) is 12.3. The Balaban J connectivity index is 2.29. The molecule has 0 saturated heterocycles. The molecule has 0 radical (unpaired) electrons. The van der Waals surface area contributed by atoms with E-state index >= 15 is 0 Å². The molecule has 88 valence electrons. The van der Waals surface area contributed by atoms with Crippen molar-refractivity contribution >= 4 is 25.8 Å². The highest BCUT2D eigenvalue weighted by atomic mass is 79.9. The Morgan fingerprint density at radius 2 is 1.65 bits per heavy atom. The largest absolute Gasteiger partial charge is 0.247 e. The van der Waals surface area contributed by atoms with Crippen molar-refractivity contribution in [3.63, 3.8) is 0 Å². The smallest absolute Gasteiger partial charge is 0.226 e. The molecule has 2 rings (SSSR count). The molecule has 1 heterocycles. The quantitative estimate of drug-likeness (QED) is 0.815. The van der Waals surface area contributed by atoms with E-state index < -0.39 is 9.84 Å². The third-order valence-electron chi connectivity index (χ3n) is 2.07. The zero-order valence-corrected chi connectivity index (χ0v) is 11.1. The van der Waals surface area contributed by atoms with Gasteiger partial charge in [-0.25, -0.2) is 18.4 Å². The van der Waals surface area contributed by atoms with Crippen molar-refractivity contribution in [3.8, 4) is 0 Å². The number of aromatic nitrogens is 2. The molecule has 0 saturated carbocycles. The predicted octanol–water partition coefficient (Wildman–Crippen LogP) is 2.21. The van der Waals surface area contributed by atoms with E-state index in [2.05, 4.69) is 25.9 Å². The Morgan fingerprint density at radius 3 is 2.24 bits per heavy atom. The minimum atomic E-state index is -3.47. The third kappa shape index (κ3) is 3.10. The second-order valence-corrected chi connectivity index (χ2v) is 6.23. The summed E-state index contributed by atoms with van der Waals surface area (Å²) in [6, 6.07) is 8.96. The number of rotatable bonds is 3. The maximum absolute atomic E-state index is 12.0. The second kappa shape index (κ2) is 4.93. The lowest BCUT2D eigenvalue weighted by atomic mass is 10.2. The fraction of sp³-hybridized carbons (Fsp3) is 0.0909. The van der Waals surface area contributed by atoms with Gasteiger partial charge >= 0.3 is 0 Å². The Kier molecular flexibility index (Phi) is 3.54. The summed E-state index contributed by atoms with van der Waals surface area (Å²) >= 11 is 3.16. The van der Waals surface area contributed by atoms with E-state index in [9.17, 15) is 8.42 Å². The standard InChI is InChI=1S/C11H9BrN2O2S/c12-10-6-13-11(14-7-10)17(15,16)8-9-4-2-1-3-5-9/h1-7H,8H2. The van der Waals surface area contributed by atoms with Crippen LogP contribution in [0, 0.1) is 0 Å². The van der Waals surface area contributed by atoms with Crippen LogP contribution < -0.4 is 0 Å². The molecule has 1 aromatic heterocycles. The first-order valence-corrected chi connectivity index (χ1v) is 7.27. The van der Waals surface area contributed by atoms with E-state index in [1.807, 2.05) is 6.07 Å². The lowest BCUT2D eigenvalue weighted by Crippen LogP contribution is -2.09. The maximum Gasteiger partial charge on any atom is 0.247 e. The van der Waals surface area contributed by atoms with Crippen molar-refractivity contribution < 1.29 is 8.42 Å². The van der Waals surface area contributed by atoms with Crippen LogP contribution in [-0.4, -0.2) is 18.4 Å². The van der Waals surface area contributed by atoms with Crippen molar-refractivity contribution in [3.05, 3.63) is 52.8 Å². The lowest BCUT2D eigenvalue weighted by molar-refractivity contribution is 0.586. The molecule has 0 bridgehead atoms. The monoisotopic (exact) mass is 312 g/mol. The molecule has 0 spiro atoms. The first-order valence-electron chi connectivity index (χ1n) is 4.82. The number of hydrogen-bond donors (Lipinski definition) is 0. The van der Waals surface area contributed by atoms with Gasteiger partial charge in [0.2, 0.25) is 15.0 Å². The average Bonchev–Trinajstić information content (AvgIpc) is 2.30. The topological polar surface area (TPSA) is 59.9 Å². The summed E-state index contributed by atoms with van der Waals surface area (Å²) in [4.78, 5) is 7.60. The number of hydrogen-bond acceptors (Lipinski definition) is 4. The van der Waals surface area contributed by atoms with Gasteiger partial charge in [-0.1, -0.05) is 30.3 Å². The zero-order valence-electron chi connectivity index (χ0n) is 8.75. The van der Waals surface area contributed by atoms with Gasteiger partial charge in [-0.15, -0.1) is 0 Å². The summed E-state index contributed by atoms with van der Waals surface area (Å²) in [7, 11) is -3.47. The number of nitrogens with zero attached hydrogens (tertiary/aromatic N) is 2. The van der Waals surface area contributed by atoms with Gasteiger partial charge in [0.05, 0.1) is 10.2 Å². The van der Waals surface area contributed by atoms with Crippen LogP contribution >= 0.6 is 15.9 Å². The van der Waals surface area contributed by atoms with E-state index in [-0.39, 0.29) is 10.9 Å². The lowest BCUT2D eigenvalue weighted by Gasteiger charge is -2.02. The molecule has 0 fully saturated rings. The third-order valence-corrected chi connectivity index (χ3v) is 3.96. The first-order chi connectivity index (χ1) is 8.08. The van der Waals surface area contributed by atoms with Crippen LogP contribution in [0.1, 0.15) is 5.56 Å². The molecular weight excluding hydrogens is 304 g/mol. The Labute approximate surface area is 108 Å². The van der Waals surface area contributed by atoms with Crippen LogP contribution in [0.15, 0.2) is 52.4 Å². The molecule has 17 heavy (non-hydrogen) atoms. The summed E-state index contributed by atoms with van der Waals surface area (Å²) in [5.74, 6) is -0.0878. The Bertz CT molecular complexity index is 597. The highest BCUT2D eigenvalue weighted by Gasteiger charge is 2.18. The van der Waals surface area contributed by atoms with Gasteiger partial charge in [0.15, 0.2) is 0 Å². The van der Waals surface area contributed by atoms with Crippen molar-refractivity contribution in [1.29, 1.82) is 0 Å². The van der Waals surface area contributed by atoms with Gasteiger partial charge in [0.1, 0.15) is 0 Å². The minimum Gasteiger partial charge on any atom is -0.226 e. The van der Waals surface area contributed by atoms with E-state index in [4.69, 9.17) is 0 Å². The fourth-order valence-corrected chi connectivity index (χ4v) is 2.71. The van der Waals surface area contributed by atoms with E-state index in [1.54, 1.807) is 24.3 Å². The molecule has 0 N–H and O–H groups in total. The molecule has 4 nitrogen and oxygen atoms in total. The highest BCUT2D eigenvalue weighted by molar-refractivity contribution is 9.10. The fourth-order valence-electron chi connectivity index (χ4n) is 1.32. The minimum absolute atomic E-state index is 0.0878. The summed E-state index contributed by atoms with van der Waals surface area (Å²) < 4.78 is 24.6. The molecule has 2 aromatic rings. The number of benzene rings is 1. The second-order valence-electron chi connectivity index (χ2n) is 3.43. The first kappa shape index (κ1) is 12.2. The molecule has 0 atom stereocenters. The van der Waals surface area contributed by atoms with Gasteiger partial charge in [-0.05, 0) is 21.5 Å². The van der Waals surface area contributed by atoms with E-state index in [1.165, 1.54) is 12.4 Å². The summed E-state index contributed by atoms with van der Waals surface area (Å²) in [6.45, 7) is 0. The normalized spacial score (nSPS) is 11.4. The van der Waals surface area contributed by atoms with Gasteiger partial charge in [-0.3, -0.25) is 0 Å². The van der Waals surface area contributed by atoms with Crippen molar-refractivity contribution in [2.45, 2.75) is 10.9 Å². The van der Waals surface area contributed by atoms with Crippen LogP contribution in [0.5, 0.6) is 0 Å². The van der Waals surface area contributed by atoms with E-state index in [0.29, 0.717) is 4.47 Å². The SMILES string of the molecule is O=S(=O)(Cc1ccccc1)c1ncc(Br)cn1. The van der Waals surface area contributed by atoms with Crippen molar-refractivity contribution in [1.82, 2.24) is 9.97 Å². The van der Waals surface area contributed by atoms with Crippen LogP contribution in [0.25, 0.3) is 0 Å².